The molecule has 0 bridgehead atoms. The Morgan fingerprint density at radius 3 is 2.24 bits per heavy atom. The first kappa shape index (κ1) is 16.6. The van der Waals surface area contributed by atoms with Crippen molar-refractivity contribution in [3.8, 4) is 17.2 Å². The SMILES string of the molecule is COc1cc(/C=C2\N=C(c3ccccc3)N(C)C2=O)cc(OC)c1O. The molecule has 0 unspecified atom stereocenters. The van der Waals surface area contributed by atoms with Crippen molar-refractivity contribution in [1.29, 1.82) is 0 Å². The number of nitrogens with zero attached hydrogens (tertiary/aromatic N) is 2. The van der Waals surface area contributed by atoms with Crippen LogP contribution < -0.4 is 9.47 Å². The summed E-state index contributed by atoms with van der Waals surface area (Å²) in [4.78, 5) is 18.5. The van der Waals surface area contributed by atoms with E-state index in [2.05, 4.69) is 4.99 Å². The van der Waals surface area contributed by atoms with Gasteiger partial charge in [0.15, 0.2) is 11.5 Å². The van der Waals surface area contributed by atoms with Crippen LogP contribution in [-0.2, 0) is 4.79 Å². The number of hydrogen-bond donors (Lipinski definition) is 1. The molecule has 1 heterocycles. The smallest absolute Gasteiger partial charge is 0.277 e. The highest BCUT2D eigenvalue weighted by molar-refractivity contribution is 6.19. The van der Waals surface area contributed by atoms with Crippen molar-refractivity contribution in [2.75, 3.05) is 21.3 Å². The molecule has 2 aromatic carbocycles. The number of hydrogen-bond acceptors (Lipinski definition) is 5. The van der Waals surface area contributed by atoms with Gasteiger partial charge in [-0.2, -0.15) is 0 Å². The summed E-state index contributed by atoms with van der Waals surface area (Å²) in [5.74, 6) is 0.824. The molecule has 3 rings (SSSR count). The second-order valence-corrected chi connectivity index (χ2v) is 5.47. The third-order valence-electron chi connectivity index (χ3n) is 3.91. The van der Waals surface area contributed by atoms with Crippen molar-refractivity contribution in [1.82, 2.24) is 4.90 Å². The number of likely N-dealkylation sites (N-methyl/N-ethyl adjacent to an activating group) is 1. The maximum atomic E-state index is 12.5. The molecule has 0 spiro atoms. The van der Waals surface area contributed by atoms with Gasteiger partial charge in [-0.1, -0.05) is 30.3 Å². The molecule has 1 amide bonds. The second-order valence-electron chi connectivity index (χ2n) is 5.47. The number of phenols is 1. The first-order valence-corrected chi connectivity index (χ1v) is 7.64. The van der Waals surface area contributed by atoms with E-state index in [9.17, 15) is 9.90 Å². The van der Waals surface area contributed by atoms with E-state index in [0.29, 0.717) is 17.1 Å². The summed E-state index contributed by atoms with van der Waals surface area (Å²) in [6.07, 6.45) is 1.64. The minimum absolute atomic E-state index is 0.0875. The van der Waals surface area contributed by atoms with Gasteiger partial charge in [0.05, 0.1) is 14.2 Å². The predicted molar refractivity (Wildman–Crippen MR) is 94.9 cm³/mol. The minimum Gasteiger partial charge on any atom is -0.502 e. The number of amidine groups is 1. The van der Waals surface area contributed by atoms with Gasteiger partial charge in [0.1, 0.15) is 11.5 Å². The van der Waals surface area contributed by atoms with Crippen molar-refractivity contribution >= 4 is 17.8 Å². The van der Waals surface area contributed by atoms with Gasteiger partial charge < -0.3 is 14.6 Å². The van der Waals surface area contributed by atoms with Crippen LogP contribution in [0.4, 0.5) is 0 Å². The molecule has 128 valence electrons. The first-order valence-electron chi connectivity index (χ1n) is 7.64. The monoisotopic (exact) mass is 338 g/mol. The number of aliphatic imine (C=N–C) groups is 1. The van der Waals surface area contributed by atoms with Gasteiger partial charge in [-0.05, 0) is 23.8 Å². The van der Waals surface area contributed by atoms with Crippen molar-refractivity contribution in [3.63, 3.8) is 0 Å². The lowest BCUT2D eigenvalue weighted by Crippen LogP contribution is -2.28. The number of benzene rings is 2. The van der Waals surface area contributed by atoms with Gasteiger partial charge in [0.2, 0.25) is 5.75 Å². The number of carbonyl (C=O) groups is 1. The third-order valence-corrected chi connectivity index (χ3v) is 3.91. The number of ether oxygens (including phenoxy) is 2. The zero-order valence-electron chi connectivity index (χ0n) is 14.2. The van der Waals surface area contributed by atoms with E-state index in [1.165, 1.54) is 19.1 Å². The fourth-order valence-electron chi connectivity index (χ4n) is 2.60. The lowest BCUT2D eigenvalue weighted by atomic mass is 10.1. The van der Waals surface area contributed by atoms with Gasteiger partial charge in [-0.15, -0.1) is 0 Å². The third kappa shape index (κ3) is 3.06. The Balaban J connectivity index is 2.04. The van der Waals surface area contributed by atoms with Crippen LogP contribution in [0.2, 0.25) is 0 Å². The molecule has 0 fully saturated rings. The molecule has 2 aromatic rings. The van der Waals surface area contributed by atoms with Crippen LogP contribution in [0, 0.1) is 0 Å². The zero-order valence-corrected chi connectivity index (χ0v) is 14.2. The van der Waals surface area contributed by atoms with Crippen LogP contribution in [0.5, 0.6) is 17.2 Å². The second kappa shape index (κ2) is 6.68. The normalized spacial score (nSPS) is 15.5. The number of rotatable bonds is 4. The predicted octanol–water partition coefficient (Wildman–Crippen LogP) is 2.67. The first-order chi connectivity index (χ1) is 12.0. The summed E-state index contributed by atoms with van der Waals surface area (Å²) in [5, 5.41) is 9.99. The van der Waals surface area contributed by atoms with E-state index in [4.69, 9.17) is 9.47 Å². The topological polar surface area (TPSA) is 71.4 Å². The van der Waals surface area contributed by atoms with Crippen LogP contribution in [0.1, 0.15) is 11.1 Å². The van der Waals surface area contributed by atoms with Gasteiger partial charge >= 0.3 is 0 Å². The summed E-state index contributed by atoms with van der Waals surface area (Å²) in [6.45, 7) is 0. The lowest BCUT2D eigenvalue weighted by molar-refractivity contribution is -0.121. The summed E-state index contributed by atoms with van der Waals surface area (Å²) in [7, 11) is 4.59. The Kier molecular flexibility index (Phi) is 4.43. The van der Waals surface area contributed by atoms with Crippen molar-refractivity contribution in [2.24, 2.45) is 4.99 Å². The fourth-order valence-corrected chi connectivity index (χ4v) is 2.60. The van der Waals surface area contributed by atoms with Gasteiger partial charge in [0, 0.05) is 12.6 Å². The van der Waals surface area contributed by atoms with Crippen LogP contribution >= 0.6 is 0 Å². The molecule has 0 aromatic heterocycles. The molecule has 0 saturated heterocycles. The summed E-state index contributed by atoms with van der Waals surface area (Å²) >= 11 is 0. The summed E-state index contributed by atoms with van der Waals surface area (Å²) in [6, 6.07) is 12.7. The van der Waals surface area contributed by atoms with Crippen molar-refractivity contribution in [3.05, 3.63) is 59.3 Å². The van der Waals surface area contributed by atoms with Crippen molar-refractivity contribution in [2.45, 2.75) is 0 Å². The van der Waals surface area contributed by atoms with Crippen LogP contribution in [0.3, 0.4) is 0 Å². The van der Waals surface area contributed by atoms with Crippen LogP contribution in [-0.4, -0.2) is 43.0 Å². The number of phenolic OH excluding ortho intramolecular Hbond substituents is 1. The highest BCUT2D eigenvalue weighted by Crippen LogP contribution is 2.38. The Hall–Kier alpha value is -3.28. The molecule has 25 heavy (non-hydrogen) atoms. The Morgan fingerprint density at radius 1 is 1.08 bits per heavy atom. The Bertz CT molecular complexity index is 847. The minimum atomic E-state index is -0.204. The van der Waals surface area contributed by atoms with E-state index in [0.717, 1.165) is 5.56 Å². The number of methoxy groups -OCH3 is 2. The van der Waals surface area contributed by atoms with Crippen LogP contribution in [0.25, 0.3) is 6.08 Å². The molecule has 1 N–H and O–H groups in total. The molecule has 0 atom stereocenters. The quantitative estimate of drug-likeness (QED) is 0.870. The molecular weight excluding hydrogens is 320 g/mol. The number of amides is 1. The van der Waals surface area contributed by atoms with Crippen molar-refractivity contribution < 1.29 is 19.4 Å². The molecule has 0 saturated carbocycles. The molecule has 0 radical (unpaired) electrons. The molecule has 6 nitrogen and oxygen atoms in total. The van der Waals surface area contributed by atoms with Crippen LogP contribution in [0.15, 0.2) is 53.2 Å². The van der Waals surface area contributed by atoms with Gasteiger partial charge in [-0.3, -0.25) is 9.69 Å². The van der Waals surface area contributed by atoms with Gasteiger partial charge in [-0.25, -0.2) is 4.99 Å². The largest absolute Gasteiger partial charge is 0.502 e. The lowest BCUT2D eigenvalue weighted by Gasteiger charge is -2.11. The molecule has 1 aliphatic rings. The maximum Gasteiger partial charge on any atom is 0.277 e. The highest BCUT2D eigenvalue weighted by Gasteiger charge is 2.27. The molecule has 1 aliphatic heterocycles. The van der Waals surface area contributed by atoms with E-state index >= 15 is 0 Å². The summed E-state index contributed by atoms with van der Waals surface area (Å²) in [5.41, 5.74) is 1.81. The van der Waals surface area contributed by atoms with E-state index in [1.807, 2.05) is 30.3 Å². The van der Waals surface area contributed by atoms with Gasteiger partial charge in [0.25, 0.3) is 5.91 Å². The number of carbonyl (C=O) groups excluding carboxylic acids is 1. The highest BCUT2D eigenvalue weighted by atomic mass is 16.5. The maximum absolute atomic E-state index is 12.5. The van der Waals surface area contributed by atoms with E-state index in [-0.39, 0.29) is 23.2 Å². The summed E-state index contributed by atoms with van der Waals surface area (Å²) < 4.78 is 10.3. The molecular formula is C19H18N2O4. The fraction of sp³-hybridized carbons (Fsp3) is 0.158. The zero-order chi connectivity index (χ0) is 18.0. The number of aromatic hydroxyl groups is 1. The van der Waals surface area contributed by atoms with E-state index in [1.54, 1.807) is 25.3 Å². The molecule has 6 heteroatoms. The molecule has 0 aliphatic carbocycles. The Morgan fingerprint density at radius 2 is 1.68 bits per heavy atom. The Labute approximate surface area is 145 Å². The average molecular weight is 338 g/mol. The standard InChI is InChI=1S/C19H18N2O4/c1-21-18(13-7-5-4-6-8-13)20-14(19(21)23)9-12-10-15(24-2)17(22)16(11-12)25-3/h4-11,22H,1-3H3/b14-9-. The average Bonchev–Trinajstić information content (AvgIpc) is 2.92. The van der Waals surface area contributed by atoms with E-state index < -0.39 is 0 Å².